The molecular formula is C17H11ClF2N2O2. The first-order chi connectivity index (χ1) is 11.4. The van der Waals surface area contributed by atoms with E-state index in [1.54, 1.807) is 12.1 Å². The molecule has 0 saturated heterocycles. The maximum atomic E-state index is 13.3. The van der Waals surface area contributed by atoms with Gasteiger partial charge in [-0.1, -0.05) is 29.7 Å². The number of halogens is 3. The number of amides is 2. The number of anilines is 1. The zero-order valence-corrected chi connectivity index (χ0v) is 13.0. The largest absolute Gasteiger partial charge is 0.341 e. The van der Waals surface area contributed by atoms with Crippen LogP contribution in [0.25, 0.3) is 0 Å². The van der Waals surface area contributed by atoms with Crippen molar-refractivity contribution in [2.24, 2.45) is 0 Å². The molecule has 0 fully saturated rings. The maximum Gasteiger partial charge on any atom is 0.257 e. The maximum absolute atomic E-state index is 13.3. The number of para-hydroxylation sites is 1. The predicted octanol–water partition coefficient (Wildman–Crippen LogP) is 3.23. The third-order valence-corrected chi connectivity index (χ3v) is 3.34. The van der Waals surface area contributed by atoms with Gasteiger partial charge >= 0.3 is 0 Å². The first kappa shape index (κ1) is 17.4. The van der Waals surface area contributed by atoms with Crippen LogP contribution in [0.3, 0.4) is 0 Å². The minimum Gasteiger partial charge on any atom is -0.341 e. The van der Waals surface area contributed by atoms with Crippen LogP contribution in [-0.2, 0) is 0 Å². The van der Waals surface area contributed by atoms with Crippen LogP contribution in [0.2, 0.25) is 5.02 Å². The summed E-state index contributed by atoms with van der Waals surface area (Å²) in [5.41, 5.74) is 0.0898. The van der Waals surface area contributed by atoms with Crippen molar-refractivity contribution in [1.82, 2.24) is 5.32 Å². The molecule has 4 nitrogen and oxygen atoms in total. The Balaban J connectivity index is 2.29. The van der Waals surface area contributed by atoms with Crippen LogP contribution in [0.4, 0.5) is 14.5 Å². The quantitative estimate of drug-likeness (QED) is 0.658. The Morgan fingerprint density at radius 1 is 1.08 bits per heavy atom. The third-order valence-electron chi connectivity index (χ3n) is 3.03. The lowest BCUT2D eigenvalue weighted by Crippen LogP contribution is -2.25. The van der Waals surface area contributed by atoms with Gasteiger partial charge in [0.15, 0.2) is 11.6 Å². The van der Waals surface area contributed by atoms with Crippen LogP contribution in [0.1, 0.15) is 20.7 Å². The fourth-order valence-corrected chi connectivity index (χ4v) is 2.14. The number of rotatable bonds is 4. The van der Waals surface area contributed by atoms with Gasteiger partial charge in [-0.2, -0.15) is 0 Å². The highest BCUT2D eigenvalue weighted by molar-refractivity contribution is 6.34. The van der Waals surface area contributed by atoms with Gasteiger partial charge in [0.25, 0.3) is 11.8 Å². The molecule has 0 aliphatic carbocycles. The Morgan fingerprint density at radius 3 is 2.46 bits per heavy atom. The first-order valence-corrected chi connectivity index (χ1v) is 7.08. The molecule has 0 saturated carbocycles. The van der Waals surface area contributed by atoms with E-state index in [1.165, 1.54) is 12.1 Å². The topological polar surface area (TPSA) is 58.2 Å². The van der Waals surface area contributed by atoms with Crippen molar-refractivity contribution >= 4 is 29.1 Å². The third kappa shape index (κ3) is 3.89. The van der Waals surface area contributed by atoms with Crippen LogP contribution >= 0.6 is 11.6 Å². The highest BCUT2D eigenvalue weighted by Crippen LogP contribution is 2.22. The van der Waals surface area contributed by atoms with E-state index in [2.05, 4.69) is 16.6 Å². The summed E-state index contributed by atoms with van der Waals surface area (Å²) in [5.74, 6) is -1.37. The molecule has 2 aromatic rings. The molecule has 0 heterocycles. The SMILES string of the molecule is C#CCNC(=O)c1ccccc1NC(=O)c1cc(F)c(F)cc1Cl. The van der Waals surface area contributed by atoms with Crippen molar-refractivity contribution in [3.05, 3.63) is 64.2 Å². The van der Waals surface area contributed by atoms with E-state index in [0.29, 0.717) is 12.1 Å². The molecule has 0 aromatic heterocycles. The number of hydrogen-bond donors (Lipinski definition) is 2. The van der Waals surface area contributed by atoms with Gasteiger partial charge in [-0.25, -0.2) is 8.78 Å². The van der Waals surface area contributed by atoms with E-state index in [-0.39, 0.29) is 28.4 Å². The molecule has 0 bridgehead atoms. The fourth-order valence-electron chi connectivity index (χ4n) is 1.90. The van der Waals surface area contributed by atoms with E-state index in [0.717, 1.165) is 0 Å². The smallest absolute Gasteiger partial charge is 0.257 e. The van der Waals surface area contributed by atoms with E-state index in [9.17, 15) is 18.4 Å². The predicted molar refractivity (Wildman–Crippen MR) is 86.9 cm³/mol. The van der Waals surface area contributed by atoms with Crippen molar-refractivity contribution in [1.29, 1.82) is 0 Å². The van der Waals surface area contributed by atoms with E-state index in [4.69, 9.17) is 18.0 Å². The second-order valence-electron chi connectivity index (χ2n) is 4.63. The lowest BCUT2D eigenvalue weighted by molar-refractivity contribution is 0.0959. The molecule has 2 amide bonds. The van der Waals surface area contributed by atoms with Crippen LogP contribution in [0.15, 0.2) is 36.4 Å². The molecule has 2 rings (SSSR count). The van der Waals surface area contributed by atoms with Gasteiger partial charge in [0.1, 0.15) is 0 Å². The number of terminal acetylenes is 1. The lowest BCUT2D eigenvalue weighted by atomic mass is 10.1. The lowest BCUT2D eigenvalue weighted by Gasteiger charge is -2.11. The van der Waals surface area contributed by atoms with Crippen molar-refractivity contribution in [2.75, 3.05) is 11.9 Å². The standard InChI is InChI=1S/C17H11ClF2N2O2/c1-2-7-21-16(23)10-5-3-4-6-15(10)22-17(24)11-8-13(19)14(20)9-12(11)18/h1,3-6,8-9H,7H2,(H,21,23)(H,22,24). The molecule has 24 heavy (non-hydrogen) atoms. The van der Waals surface area contributed by atoms with Crippen LogP contribution in [0, 0.1) is 24.0 Å². The van der Waals surface area contributed by atoms with E-state index >= 15 is 0 Å². The highest BCUT2D eigenvalue weighted by Gasteiger charge is 2.18. The average Bonchev–Trinajstić information content (AvgIpc) is 2.56. The van der Waals surface area contributed by atoms with Gasteiger partial charge in [-0.05, 0) is 24.3 Å². The Labute approximate surface area is 141 Å². The number of benzene rings is 2. The summed E-state index contributed by atoms with van der Waals surface area (Å²) in [7, 11) is 0. The van der Waals surface area contributed by atoms with Gasteiger partial charge in [-0.15, -0.1) is 6.42 Å². The van der Waals surface area contributed by atoms with Gasteiger partial charge in [-0.3, -0.25) is 9.59 Å². The molecule has 0 aliphatic heterocycles. The summed E-state index contributed by atoms with van der Waals surface area (Å²) in [6.45, 7) is 0.0239. The molecule has 0 aliphatic rings. The van der Waals surface area contributed by atoms with Crippen molar-refractivity contribution in [2.45, 2.75) is 0 Å². The Morgan fingerprint density at radius 2 is 1.75 bits per heavy atom. The van der Waals surface area contributed by atoms with Crippen LogP contribution in [-0.4, -0.2) is 18.4 Å². The van der Waals surface area contributed by atoms with E-state index in [1.807, 2.05) is 0 Å². The average molecular weight is 349 g/mol. The summed E-state index contributed by atoms with van der Waals surface area (Å²) >= 11 is 5.76. The molecule has 7 heteroatoms. The van der Waals surface area contributed by atoms with Crippen molar-refractivity contribution < 1.29 is 18.4 Å². The van der Waals surface area contributed by atoms with Crippen LogP contribution in [0.5, 0.6) is 0 Å². The van der Waals surface area contributed by atoms with Crippen LogP contribution < -0.4 is 10.6 Å². The number of nitrogens with one attached hydrogen (secondary N) is 2. The summed E-state index contributed by atoms with van der Waals surface area (Å²) in [6, 6.07) is 7.56. The summed E-state index contributed by atoms with van der Waals surface area (Å²) < 4.78 is 26.4. The van der Waals surface area contributed by atoms with Crippen molar-refractivity contribution in [3.8, 4) is 12.3 Å². The molecule has 2 N–H and O–H groups in total. The second kappa shape index (κ2) is 7.57. The molecule has 122 valence electrons. The summed E-state index contributed by atoms with van der Waals surface area (Å²) in [5, 5.41) is 4.67. The Hall–Kier alpha value is -2.91. The van der Waals surface area contributed by atoms with Gasteiger partial charge in [0.2, 0.25) is 0 Å². The minimum atomic E-state index is -1.20. The normalized spacial score (nSPS) is 9.92. The zero-order chi connectivity index (χ0) is 17.7. The van der Waals surface area contributed by atoms with Gasteiger partial charge in [0.05, 0.1) is 28.4 Å². The monoisotopic (exact) mass is 348 g/mol. The summed E-state index contributed by atoms with van der Waals surface area (Å²) in [4.78, 5) is 24.3. The molecular weight excluding hydrogens is 338 g/mol. The molecule has 2 aromatic carbocycles. The molecule has 0 unspecified atom stereocenters. The van der Waals surface area contributed by atoms with Gasteiger partial charge in [0, 0.05) is 0 Å². The summed E-state index contributed by atoms with van der Waals surface area (Å²) in [6.07, 6.45) is 5.08. The highest BCUT2D eigenvalue weighted by atomic mass is 35.5. The molecule has 0 radical (unpaired) electrons. The fraction of sp³-hybridized carbons (Fsp3) is 0.0588. The second-order valence-corrected chi connectivity index (χ2v) is 5.04. The first-order valence-electron chi connectivity index (χ1n) is 6.70. The minimum absolute atomic E-state index is 0.0239. The molecule has 0 atom stereocenters. The Kier molecular flexibility index (Phi) is 5.51. The Bertz CT molecular complexity index is 847. The van der Waals surface area contributed by atoms with Crippen molar-refractivity contribution in [3.63, 3.8) is 0 Å². The number of carbonyl (C=O) groups is 2. The van der Waals surface area contributed by atoms with Gasteiger partial charge < -0.3 is 10.6 Å². The molecule has 0 spiro atoms. The number of hydrogen-bond acceptors (Lipinski definition) is 2. The zero-order valence-electron chi connectivity index (χ0n) is 12.2. The number of carbonyl (C=O) groups excluding carboxylic acids is 2. The van der Waals surface area contributed by atoms with E-state index < -0.39 is 23.4 Å².